The molecule has 4 aliphatic carbocycles. The summed E-state index contributed by atoms with van der Waals surface area (Å²) < 4.78 is 138. The van der Waals surface area contributed by atoms with Gasteiger partial charge < -0.3 is 108 Å². The van der Waals surface area contributed by atoms with E-state index in [0.717, 1.165) is 25.5 Å². The van der Waals surface area contributed by atoms with E-state index in [1.54, 1.807) is 6.92 Å². The second-order valence-corrected chi connectivity index (χ2v) is 28.6. The number of cyclic esters (lactones) is 1. The standard InChI is InChI=1S/C54H88O29S2.2Na/c1-23(2)11-10-15-52(8)53(65)18-17-51(7)25-12-13-30-49(4,5)32(14-16-50(30,6)26(25)19-31(56)54(51,53)48(64)82-52)78-47-43(35(59)29(21-73-47)83-85(69,70)71)81-44-37(61)36(60)40(24(3)75-44)79-46-39(63)42(34(58)28(77-46)22-74-84(66,67)68)80-45-38(62)41(72-9)33(57)27(20-55)76-45;;/h12,23-24,26-47,55-63,65H,10-11,13-22H2,1-9H3,(H,66,67,68)(H,69,70,71);;/q;2*+1/p-2/t24-,26?,27-,28-,29-,30+,31+,32+,33-,34-,35+,36-,37-,38-,39-,40-,41+,42+,43-,44+,45+,46+,47+,50-,51+,52+,53+,54-;;/m1../s1. The van der Waals surface area contributed by atoms with Crippen molar-refractivity contribution in [3.8, 4) is 0 Å². The fourth-order valence-electron chi connectivity index (χ4n) is 16.5. The molecule has 0 aromatic heterocycles. The van der Waals surface area contributed by atoms with Crippen molar-refractivity contribution in [2.45, 2.75) is 253 Å². The van der Waals surface area contributed by atoms with Crippen LogP contribution in [-0.2, 0) is 81.3 Å². The zero-order valence-electron chi connectivity index (χ0n) is 51.0. The van der Waals surface area contributed by atoms with E-state index in [9.17, 15) is 81.8 Å². The number of aliphatic hydroxyl groups is 10. The minimum Gasteiger partial charge on any atom is -0.726 e. The van der Waals surface area contributed by atoms with Gasteiger partial charge >= 0.3 is 65.1 Å². The molecule has 10 N–H and O–H groups in total. The number of rotatable bonds is 19. The fourth-order valence-corrected chi connectivity index (χ4v) is 17.3. The van der Waals surface area contributed by atoms with Gasteiger partial charge in [0.15, 0.2) is 25.2 Å². The third kappa shape index (κ3) is 13.2. The van der Waals surface area contributed by atoms with Crippen molar-refractivity contribution in [3.05, 3.63) is 11.6 Å². The van der Waals surface area contributed by atoms with E-state index in [-0.39, 0.29) is 83.8 Å². The number of allylic oxidation sites excluding steroid dienone is 2. The summed E-state index contributed by atoms with van der Waals surface area (Å²) in [7, 11) is -9.81. The van der Waals surface area contributed by atoms with Crippen molar-refractivity contribution >= 4 is 26.8 Å². The SMILES string of the molecule is CO[C@@H]1[C@@H](O)[C@H](O[C@@H]2[C@@H](O)[C@H](O[C@H]3[C@H](O)[C@@H](O)[C@H](O[C@H]4[C@H](O[C@H]5CC[C@]6(C)C7C[C@H](O)[C@]89C(=O)O[C@@](C)(CCCC(C)C)[C@@]8(O)CC[C@@]9(C)C7=CC[C@H]6C5(C)C)OC[C@@H](OS(=O)(=O)[O-])[C@@H]4O)O[C@@H]3C)O[C@H](COS(=O)(=O)[O-])[C@H]2O)O[C@H](CO)[C@H]1O.[Na+].[Na+]. The summed E-state index contributed by atoms with van der Waals surface area (Å²) in [5.74, 6) is -0.580. The van der Waals surface area contributed by atoms with Crippen LogP contribution in [0, 0.1) is 39.4 Å². The first kappa shape index (κ1) is 74.6. The Hall–Kier alpha value is 0.190. The normalized spacial score (nSPS) is 48.8. The van der Waals surface area contributed by atoms with Crippen LogP contribution in [0.5, 0.6) is 0 Å². The molecule has 0 aromatic rings. The maximum atomic E-state index is 14.5. The smallest absolute Gasteiger partial charge is 0.726 e. The van der Waals surface area contributed by atoms with Gasteiger partial charge in [0.05, 0.1) is 38.1 Å². The summed E-state index contributed by atoms with van der Waals surface area (Å²) in [5.41, 5.74) is -5.64. The number of aliphatic hydroxyl groups excluding tert-OH is 9. The van der Waals surface area contributed by atoms with Gasteiger partial charge in [0.25, 0.3) is 0 Å². The second-order valence-electron chi connectivity index (χ2n) is 26.5. The molecule has 8 fully saturated rings. The molecule has 490 valence electrons. The molecule has 5 aliphatic heterocycles. The van der Waals surface area contributed by atoms with Crippen LogP contribution >= 0.6 is 0 Å². The predicted octanol–water partition coefficient (Wildman–Crippen LogP) is -8.25. The molecule has 9 rings (SSSR count). The molecule has 0 aromatic carbocycles. The maximum absolute atomic E-state index is 14.5. The molecule has 87 heavy (non-hydrogen) atoms. The van der Waals surface area contributed by atoms with Crippen molar-refractivity contribution in [2.75, 3.05) is 26.9 Å². The van der Waals surface area contributed by atoms with Gasteiger partial charge in [0.2, 0.25) is 20.8 Å². The van der Waals surface area contributed by atoms with Crippen molar-refractivity contribution in [1.29, 1.82) is 0 Å². The Bertz CT molecular complexity index is 2660. The number of ether oxygens (including phenoxy) is 10. The quantitative estimate of drug-likeness (QED) is 0.0189. The first-order valence-electron chi connectivity index (χ1n) is 29.1. The van der Waals surface area contributed by atoms with E-state index in [4.69, 9.17) is 47.4 Å². The van der Waals surface area contributed by atoms with E-state index in [1.165, 1.54) is 6.92 Å². The van der Waals surface area contributed by atoms with Crippen LogP contribution in [-0.4, -0.2) is 250 Å². The van der Waals surface area contributed by atoms with Crippen LogP contribution in [0.1, 0.15) is 113 Å². The van der Waals surface area contributed by atoms with Gasteiger partial charge in [0, 0.05) is 12.5 Å². The van der Waals surface area contributed by atoms with E-state index < -0.39 is 208 Å². The summed E-state index contributed by atoms with van der Waals surface area (Å²) >= 11 is 0. The first-order chi connectivity index (χ1) is 39.4. The molecule has 1 unspecified atom stereocenters. The van der Waals surface area contributed by atoms with Gasteiger partial charge in [-0.1, -0.05) is 59.6 Å². The third-order valence-electron chi connectivity index (χ3n) is 21.0. The summed E-state index contributed by atoms with van der Waals surface area (Å²) in [6.07, 6.45) is -30.7. The molecular weight excluding hydrogens is 1220 g/mol. The zero-order chi connectivity index (χ0) is 62.7. The molecule has 0 bridgehead atoms. The topological polar surface area (TPSA) is 445 Å². The number of hydrogen-bond donors (Lipinski definition) is 10. The zero-order valence-corrected chi connectivity index (χ0v) is 56.6. The molecular formula is C54H86Na2O29S2. The number of carbonyl (C=O) groups excluding carboxylic acids is 1. The average Bonchev–Trinajstić information content (AvgIpc) is 1.52. The summed E-state index contributed by atoms with van der Waals surface area (Å²) in [6.45, 7) is 12.7. The summed E-state index contributed by atoms with van der Waals surface area (Å²) in [4.78, 5) is 14.5. The summed E-state index contributed by atoms with van der Waals surface area (Å²) in [5, 5.41) is 115. The Morgan fingerprint density at radius 2 is 1.32 bits per heavy atom. The molecule has 29 nitrogen and oxygen atoms in total. The Kier molecular flexibility index (Phi) is 23.5. The van der Waals surface area contributed by atoms with Gasteiger partial charge in [-0.25, -0.2) is 16.8 Å². The Labute approximate surface area is 550 Å². The Morgan fingerprint density at radius 1 is 0.724 bits per heavy atom. The van der Waals surface area contributed by atoms with E-state index in [1.807, 2.05) is 20.8 Å². The van der Waals surface area contributed by atoms with Crippen LogP contribution in [0.15, 0.2) is 11.6 Å². The van der Waals surface area contributed by atoms with Gasteiger partial charge in [-0.3, -0.25) is 13.2 Å². The van der Waals surface area contributed by atoms with Crippen molar-refractivity contribution in [1.82, 2.24) is 0 Å². The second kappa shape index (κ2) is 27.4. The monoisotopic (exact) mass is 1310 g/mol. The number of esters is 1. The third-order valence-corrected chi connectivity index (χ3v) is 21.9. The average molecular weight is 1310 g/mol. The molecule has 28 atom stereocenters. The fraction of sp³-hybridized carbons (Fsp3) is 0.944. The molecule has 0 radical (unpaired) electrons. The van der Waals surface area contributed by atoms with Crippen LogP contribution in [0.2, 0.25) is 0 Å². The summed E-state index contributed by atoms with van der Waals surface area (Å²) in [6, 6.07) is 0. The van der Waals surface area contributed by atoms with Crippen molar-refractivity contribution in [3.63, 3.8) is 0 Å². The number of fused-ring (bicyclic) bond motifs is 4. The molecule has 33 heteroatoms. The Morgan fingerprint density at radius 3 is 1.93 bits per heavy atom. The van der Waals surface area contributed by atoms with Crippen molar-refractivity contribution < 1.29 is 197 Å². The van der Waals surface area contributed by atoms with Gasteiger partial charge in [-0.2, -0.15) is 0 Å². The number of carbonyl (C=O) groups is 1. The van der Waals surface area contributed by atoms with E-state index in [0.29, 0.717) is 38.0 Å². The molecule has 5 heterocycles. The first-order valence-corrected chi connectivity index (χ1v) is 31.8. The van der Waals surface area contributed by atoms with Gasteiger partial charge in [-0.05, 0) is 93.8 Å². The van der Waals surface area contributed by atoms with Gasteiger partial charge in [-0.15, -0.1) is 0 Å². The molecule has 1 spiro atoms. The maximum Gasteiger partial charge on any atom is 1.00 e. The van der Waals surface area contributed by atoms with Crippen molar-refractivity contribution in [2.24, 2.45) is 39.4 Å². The molecule has 0 amide bonds. The van der Waals surface area contributed by atoms with Gasteiger partial charge in [0.1, 0.15) is 102 Å². The Balaban J connectivity index is 0.00000541. The van der Waals surface area contributed by atoms with Crippen LogP contribution < -0.4 is 59.1 Å². The predicted molar refractivity (Wildman–Crippen MR) is 280 cm³/mol. The minimum atomic E-state index is -5.48. The number of methoxy groups -OCH3 is 1. The minimum absolute atomic E-state index is 0. The molecule has 9 aliphatic rings. The van der Waals surface area contributed by atoms with E-state index >= 15 is 0 Å². The number of hydrogen-bond acceptors (Lipinski definition) is 29. The molecule has 5 saturated heterocycles. The van der Waals surface area contributed by atoms with Crippen LogP contribution in [0.25, 0.3) is 0 Å². The van der Waals surface area contributed by atoms with E-state index in [2.05, 4.69) is 35.2 Å². The largest absolute Gasteiger partial charge is 1.00 e. The molecule has 3 saturated carbocycles. The van der Waals surface area contributed by atoms with Crippen LogP contribution in [0.3, 0.4) is 0 Å². The van der Waals surface area contributed by atoms with Crippen LogP contribution in [0.4, 0.5) is 0 Å².